The standard InChI is InChI=1S/C17H32FNO/c18-15-13-11-9-7-5-3-1-2-4-6-8-10-12-14-16-19-17-20/h1-16H2. The molecule has 118 valence electrons. The van der Waals surface area contributed by atoms with Gasteiger partial charge in [-0.2, -0.15) is 0 Å². The van der Waals surface area contributed by atoms with Crippen LogP contribution in [-0.4, -0.2) is 19.3 Å². The molecule has 0 aliphatic carbocycles. The van der Waals surface area contributed by atoms with Crippen LogP contribution in [0.25, 0.3) is 0 Å². The molecule has 0 unspecified atom stereocenters. The largest absolute Gasteiger partial charge is 0.251 e. The van der Waals surface area contributed by atoms with Crippen LogP contribution in [0.3, 0.4) is 0 Å². The molecule has 0 fully saturated rings. The minimum Gasteiger partial charge on any atom is -0.251 e. The average Bonchev–Trinajstić information content (AvgIpc) is 2.47. The molecule has 0 N–H and O–H groups in total. The van der Waals surface area contributed by atoms with E-state index in [1.165, 1.54) is 70.6 Å². The van der Waals surface area contributed by atoms with E-state index in [4.69, 9.17) is 0 Å². The first-order chi connectivity index (χ1) is 9.91. The third-order valence-electron chi connectivity index (χ3n) is 3.72. The van der Waals surface area contributed by atoms with Crippen molar-refractivity contribution in [1.82, 2.24) is 0 Å². The molecule has 3 heteroatoms. The summed E-state index contributed by atoms with van der Waals surface area (Å²) < 4.78 is 11.9. The molecule has 0 saturated heterocycles. The van der Waals surface area contributed by atoms with Gasteiger partial charge in [0.15, 0.2) is 0 Å². The van der Waals surface area contributed by atoms with Crippen molar-refractivity contribution in [2.45, 2.75) is 89.9 Å². The first-order valence-electron chi connectivity index (χ1n) is 8.51. The van der Waals surface area contributed by atoms with Crippen molar-refractivity contribution in [3.8, 4) is 0 Å². The molecule has 2 nitrogen and oxygen atoms in total. The van der Waals surface area contributed by atoms with Crippen LogP contribution in [0.4, 0.5) is 4.39 Å². The average molecular weight is 285 g/mol. The van der Waals surface area contributed by atoms with Gasteiger partial charge in [-0.3, -0.25) is 4.39 Å². The van der Waals surface area contributed by atoms with Gasteiger partial charge < -0.3 is 0 Å². The first-order valence-corrected chi connectivity index (χ1v) is 8.51. The summed E-state index contributed by atoms with van der Waals surface area (Å²) in [5.41, 5.74) is 0. The van der Waals surface area contributed by atoms with E-state index in [0.29, 0.717) is 6.54 Å². The second kappa shape index (κ2) is 18.3. The lowest BCUT2D eigenvalue weighted by atomic mass is 10.0. The molecule has 0 rings (SSSR count). The zero-order valence-corrected chi connectivity index (χ0v) is 13.0. The number of halogens is 1. The predicted molar refractivity (Wildman–Crippen MR) is 83.6 cm³/mol. The Morgan fingerprint density at radius 2 is 0.950 bits per heavy atom. The number of carbonyl (C=O) groups excluding carboxylic acids is 1. The van der Waals surface area contributed by atoms with Crippen molar-refractivity contribution in [1.29, 1.82) is 0 Å². The van der Waals surface area contributed by atoms with Crippen LogP contribution in [0, 0.1) is 0 Å². The highest BCUT2D eigenvalue weighted by atomic mass is 19.1. The second-order valence-corrected chi connectivity index (χ2v) is 5.61. The van der Waals surface area contributed by atoms with Crippen LogP contribution in [0.15, 0.2) is 4.99 Å². The quantitative estimate of drug-likeness (QED) is 0.201. The highest BCUT2D eigenvalue weighted by Gasteiger charge is 1.94. The molecule has 0 radical (unpaired) electrons. The Bertz CT molecular complexity index is 227. The van der Waals surface area contributed by atoms with E-state index < -0.39 is 0 Å². The number of aliphatic imine (C=N–C) groups is 1. The summed E-state index contributed by atoms with van der Waals surface area (Å²) in [7, 11) is 0. The highest BCUT2D eigenvalue weighted by molar-refractivity contribution is 5.32. The van der Waals surface area contributed by atoms with Gasteiger partial charge in [-0.25, -0.2) is 9.79 Å². The van der Waals surface area contributed by atoms with Gasteiger partial charge in [-0.05, 0) is 12.8 Å². The van der Waals surface area contributed by atoms with Crippen LogP contribution in [-0.2, 0) is 4.79 Å². The van der Waals surface area contributed by atoms with E-state index in [9.17, 15) is 9.18 Å². The van der Waals surface area contributed by atoms with Gasteiger partial charge >= 0.3 is 0 Å². The van der Waals surface area contributed by atoms with Gasteiger partial charge in [-0.15, -0.1) is 0 Å². The number of isocyanates is 1. The van der Waals surface area contributed by atoms with E-state index in [1.54, 1.807) is 6.08 Å². The molecule has 0 aliphatic rings. The van der Waals surface area contributed by atoms with Crippen LogP contribution in [0.2, 0.25) is 0 Å². The number of rotatable bonds is 16. The van der Waals surface area contributed by atoms with Gasteiger partial charge in [0.2, 0.25) is 6.08 Å². The Morgan fingerprint density at radius 3 is 1.30 bits per heavy atom. The Morgan fingerprint density at radius 1 is 0.600 bits per heavy atom. The Hall–Kier alpha value is -0.690. The molecule has 0 aromatic heterocycles. The lowest BCUT2D eigenvalue weighted by Gasteiger charge is -2.02. The molecule has 0 saturated carbocycles. The lowest BCUT2D eigenvalue weighted by Crippen LogP contribution is -1.85. The van der Waals surface area contributed by atoms with Crippen molar-refractivity contribution in [3.63, 3.8) is 0 Å². The topological polar surface area (TPSA) is 29.4 Å². The summed E-state index contributed by atoms with van der Waals surface area (Å²) in [6.07, 6.45) is 18.8. The van der Waals surface area contributed by atoms with Crippen LogP contribution < -0.4 is 0 Å². The summed E-state index contributed by atoms with van der Waals surface area (Å²) in [5, 5.41) is 0. The molecule has 0 aliphatic heterocycles. The fourth-order valence-corrected chi connectivity index (χ4v) is 2.45. The van der Waals surface area contributed by atoms with Crippen molar-refractivity contribution >= 4 is 6.08 Å². The molecule has 0 atom stereocenters. The summed E-state index contributed by atoms with van der Waals surface area (Å²) in [6.45, 7) is 0.499. The van der Waals surface area contributed by atoms with Crippen molar-refractivity contribution in [2.75, 3.05) is 13.2 Å². The Kier molecular flexibility index (Phi) is 17.7. The molecule has 0 spiro atoms. The summed E-state index contributed by atoms with van der Waals surface area (Å²) in [5.74, 6) is 0. The predicted octanol–water partition coefficient (Wildman–Crippen LogP) is 5.75. The molecular formula is C17H32FNO. The van der Waals surface area contributed by atoms with Gasteiger partial charge in [0.25, 0.3) is 0 Å². The van der Waals surface area contributed by atoms with Crippen molar-refractivity contribution < 1.29 is 9.18 Å². The zero-order chi connectivity index (χ0) is 14.7. The molecule has 20 heavy (non-hydrogen) atoms. The highest BCUT2D eigenvalue weighted by Crippen LogP contribution is 2.12. The van der Waals surface area contributed by atoms with Crippen LogP contribution >= 0.6 is 0 Å². The van der Waals surface area contributed by atoms with Gasteiger partial charge in [-0.1, -0.05) is 77.0 Å². The minimum absolute atomic E-state index is 0.149. The summed E-state index contributed by atoms with van der Waals surface area (Å²) in [6, 6.07) is 0. The fourth-order valence-electron chi connectivity index (χ4n) is 2.45. The second-order valence-electron chi connectivity index (χ2n) is 5.61. The van der Waals surface area contributed by atoms with Crippen LogP contribution in [0.5, 0.6) is 0 Å². The first kappa shape index (κ1) is 19.3. The van der Waals surface area contributed by atoms with Gasteiger partial charge in [0.05, 0.1) is 13.2 Å². The third-order valence-corrected chi connectivity index (χ3v) is 3.72. The maximum atomic E-state index is 11.9. The number of hydrogen-bond donors (Lipinski definition) is 0. The van der Waals surface area contributed by atoms with E-state index in [1.807, 2.05) is 0 Å². The van der Waals surface area contributed by atoms with E-state index in [2.05, 4.69) is 4.99 Å². The Balaban J connectivity index is 2.94. The van der Waals surface area contributed by atoms with Gasteiger partial charge in [0, 0.05) is 0 Å². The van der Waals surface area contributed by atoms with E-state index >= 15 is 0 Å². The fraction of sp³-hybridized carbons (Fsp3) is 0.941. The lowest BCUT2D eigenvalue weighted by molar-refractivity contribution is 0.448. The monoisotopic (exact) mass is 285 g/mol. The number of hydrogen-bond acceptors (Lipinski definition) is 2. The maximum absolute atomic E-state index is 11.9. The molecular weight excluding hydrogens is 253 g/mol. The third kappa shape index (κ3) is 17.3. The zero-order valence-electron chi connectivity index (χ0n) is 13.0. The number of unbranched alkanes of at least 4 members (excludes halogenated alkanes) is 13. The number of alkyl halides is 1. The molecule has 0 aromatic carbocycles. The molecule has 0 amide bonds. The minimum atomic E-state index is -0.149. The van der Waals surface area contributed by atoms with Gasteiger partial charge in [0.1, 0.15) is 0 Å². The van der Waals surface area contributed by atoms with Crippen molar-refractivity contribution in [2.24, 2.45) is 4.99 Å². The van der Waals surface area contributed by atoms with E-state index in [0.717, 1.165) is 19.3 Å². The van der Waals surface area contributed by atoms with E-state index in [-0.39, 0.29) is 6.67 Å². The summed E-state index contributed by atoms with van der Waals surface area (Å²) in [4.78, 5) is 13.4. The normalized spacial score (nSPS) is 10.4. The number of nitrogens with zero attached hydrogens (tertiary/aromatic N) is 1. The Labute approximate surface area is 124 Å². The SMILES string of the molecule is O=C=NCCCCCCCCCCCCCCCCF. The van der Waals surface area contributed by atoms with Crippen LogP contribution in [0.1, 0.15) is 89.9 Å². The smallest absolute Gasteiger partial charge is 0.234 e. The van der Waals surface area contributed by atoms with Crippen molar-refractivity contribution in [3.05, 3.63) is 0 Å². The summed E-state index contributed by atoms with van der Waals surface area (Å²) >= 11 is 0. The molecule has 0 bridgehead atoms. The molecule has 0 heterocycles. The molecule has 0 aromatic rings. The maximum Gasteiger partial charge on any atom is 0.234 e.